The Balaban J connectivity index is 3.63. The van der Waals surface area contributed by atoms with E-state index in [0.29, 0.717) is 12.1 Å². The van der Waals surface area contributed by atoms with Crippen molar-refractivity contribution in [1.29, 1.82) is 0 Å². The molecule has 0 bridgehead atoms. The van der Waals surface area contributed by atoms with Crippen molar-refractivity contribution in [1.82, 2.24) is 0 Å². The van der Waals surface area contributed by atoms with Gasteiger partial charge in [0.05, 0.1) is 11.1 Å². The first-order valence-corrected chi connectivity index (χ1v) is 9.69. The Kier molecular flexibility index (Phi) is 4.72. The Bertz CT molecular complexity index is 541. The van der Waals surface area contributed by atoms with Crippen molar-refractivity contribution in [2.24, 2.45) is 0 Å². The molecule has 9 heteroatoms. The van der Waals surface area contributed by atoms with Crippen LogP contribution in [0.5, 0.6) is 0 Å². The first-order valence-electron chi connectivity index (χ1n) is 6.24. The van der Waals surface area contributed by atoms with E-state index in [1.165, 1.54) is 0 Å². The van der Waals surface area contributed by atoms with Crippen molar-refractivity contribution < 1.29 is 31.1 Å². The third-order valence-corrected chi connectivity index (χ3v) is 4.73. The first-order chi connectivity index (χ1) is 9.64. The number of halogens is 6. The van der Waals surface area contributed by atoms with Crippen LogP contribution in [0.1, 0.15) is 18.1 Å². The zero-order valence-corrected chi connectivity index (χ0v) is 13.4. The second-order valence-corrected chi connectivity index (χ2v) is 10.6. The molecule has 1 aromatic rings. The average molecular weight is 343 g/mol. The van der Waals surface area contributed by atoms with Gasteiger partial charge >= 0.3 is 12.4 Å². The molecule has 22 heavy (non-hydrogen) atoms. The van der Waals surface area contributed by atoms with Gasteiger partial charge in [-0.1, -0.05) is 19.6 Å². The van der Waals surface area contributed by atoms with Crippen LogP contribution >= 0.6 is 0 Å². The molecule has 0 aliphatic rings. The lowest BCUT2D eigenvalue weighted by Crippen LogP contribution is -2.49. The monoisotopic (exact) mass is 343 g/mol. The summed E-state index contributed by atoms with van der Waals surface area (Å²) in [5, 5.41) is 0. The molecule has 124 valence electrons. The highest BCUT2D eigenvalue weighted by Gasteiger charge is 2.39. The minimum absolute atomic E-state index is 0.0477. The van der Waals surface area contributed by atoms with E-state index in [2.05, 4.69) is 0 Å². The molecule has 0 unspecified atom stereocenters. The second-order valence-electron chi connectivity index (χ2n) is 5.79. The van der Waals surface area contributed by atoms with Crippen molar-refractivity contribution in [3.8, 4) is 0 Å². The van der Waals surface area contributed by atoms with Crippen LogP contribution in [0, 0.1) is 0 Å². The van der Waals surface area contributed by atoms with Gasteiger partial charge in [0.1, 0.15) is 0 Å². The highest BCUT2D eigenvalue weighted by molar-refractivity contribution is 6.83. The van der Waals surface area contributed by atoms with E-state index in [9.17, 15) is 31.1 Å². The Morgan fingerprint density at radius 1 is 0.909 bits per heavy atom. The Morgan fingerprint density at radius 3 is 1.50 bits per heavy atom. The number of rotatable bonds is 2. The summed E-state index contributed by atoms with van der Waals surface area (Å²) >= 11 is 0. The van der Waals surface area contributed by atoms with Gasteiger partial charge in [-0.25, -0.2) is 0 Å². The smallest absolute Gasteiger partial charge is 0.341 e. The minimum atomic E-state index is -4.93. The zero-order valence-electron chi connectivity index (χ0n) is 12.4. The van der Waals surface area contributed by atoms with Gasteiger partial charge in [0.15, 0.2) is 8.24 Å². The summed E-state index contributed by atoms with van der Waals surface area (Å²) in [5.41, 5.74) is -3.24. The fourth-order valence-electron chi connectivity index (χ4n) is 2.11. The number of carbonyl (C=O) groups is 1. The summed E-state index contributed by atoms with van der Waals surface area (Å²) in [6, 6.07) is 1.20. The van der Waals surface area contributed by atoms with Gasteiger partial charge < -0.3 is 4.57 Å². The van der Waals surface area contributed by atoms with Crippen molar-refractivity contribution in [3.05, 3.63) is 29.3 Å². The quantitative estimate of drug-likeness (QED) is 0.552. The van der Waals surface area contributed by atoms with Crippen molar-refractivity contribution in [3.63, 3.8) is 0 Å². The van der Waals surface area contributed by atoms with Crippen LogP contribution in [0.15, 0.2) is 18.2 Å². The van der Waals surface area contributed by atoms with E-state index in [-0.39, 0.29) is 11.8 Å². The Labute approximate surface area is 124 Å². The predicted molar refractivity (Wildman–Crippen MR) is 73.0 cm³/mol. The molecule has 0 fully saturated rings. The maximum Gasteiger partial charge on any atom is 0.416 e. The van der Waals surface area contributed by atoms with E-state index in [0.717, 1.165) is 11.5 Å². The number of hydrogen-bond donors (Lipinski definition) is 0. The normalized spacial score (nSPS) is 13.2. The van der Waals surface area contributed by atoms with Gasteiger partial charge in [-0.2, -0.15) is 26.3 Å². The maximum absolute atomic E-state index is 12.8. The third-order valence-electron chi connectivity index (χ3n) is 2.82. The maximum atomic E-state index is 12.8. The van der Waals surface area contributed by atoms with Gasteiger partial charge in [0.25, 0.3) is 0 Å². The van der Waals surface area contributed by atoms with Crippen LogP contribution in [0.4, 0.5) is 32.0 Å². The topological polar surface area (TPSA) is 20.3 Å². The van der Waals surface area contributed by atoms with Crippen molar-refractivity contribution in [2.45, 2.75) is 38.9 Å². The molecule has 0 aliphatic heterocycles. The van der Waals surface area contributed by atoms with Crippen LogP contribution in [0.3, 0.4) is 0 Å². The van der Waals surface area contributed by atoms with Gasteiger partial charge in [-0.05, 0) is 18.2 Å². The lowest BCUT2D eigenvalue weighted by Gasteiger charge is -2.34. The molecule has 1 rings (SSSR count). The molecular formula is C13H15F6NOSi. The minimum Gasteiger partial charge on any atom is -0.341 e. The predicted octanol–water partition coefficient (Wildman–Crippen LogP) is 4.91. The van der Waals surface area contributed by atoms with Gasteiger partial charge in [0, 0.05) is 12.6 Å². The fraction of sp³-hybridized carbons (Fsp3) is 0.462. The summed E-state index contributed by atoms with van der Waals surface area (Å²) in [4.78, 5) is 11.7. The molecular weight excluding hydrogens is 328 g/mol. The second kappa shape index (κ2) is 5.60. The van der Waals surface area contributed by atoms with Crippen LogP contribution < -0.4 is 4.57 Å². The average Bonchev–Trinajstić information content (AvgIpc) is 2.23. The van der Waals surface area contributed by atoms with Crippen LogP contribution in [0.25, 0.3) is 0 Å². The fourth-order valence-corrected chi connectivity index (χ4v) is 3.96. The Morgan fingerprint density at radius 2 is 1.27 bits per heavy atom. The highest BCUT2D eigenvalue weighted by atomic mass is 28.3. The zero-order chi connectivity index (χ0) is 17.5. The van der Waals surface area contributed by atoms with Gasteiger partial charge in [-0.15, -0.1) is 0 Å². The van der Waals surface area contributed by atoms with Crippen LogP contribution in [-0.2, 0) is 17.1 Å². The Hall–Kier alpha value is -1.51. The molecule has 0 aromatic heterocycles. The third kappa shape index (κ3) is 4.25. The largest absolute Gasteiger partial charge is 0.416 e. The molecule has 0 radical (unpaired) electrons. The molecule has 0 saturated heterocycles. The molecule has 0 aliphatic carbocycles. The lowest BCUT2D eigenvalue weighted by molar-refractivity contribution is -0.143. The van der Waals surface area contributed by atoms with E-state index in [4.69, 9.17) is 0 Å². The molecule has 1 aromatic carbocycles. The van der Waals surface area contributed by atoms with Crippen LogP contribution in [-0.4, -0.2) is 14.1 Å². The summed E-state index contributed by atoms with van der Waals surface area (Å²) in [7, 11) is -2.51. The van der Waals surface area contributed by atoms with E-state index in [1.807, 2.05) is 0 Å². The number of alkyl halides is 6. The highest BCUT2D eigenvalue weighted by Crippen LogP contribution is 2.39. The number of hydrogen-bond acceptors (Lipinski definition) is 1. The lowest BCUT2D eigenvalue weighted by atomic mass is 10.1. The molecule has 2 nitrogen and oxygen atoms in total. The van der Waals surface area contributed by atoms with Gasteiger partial charge in [-0.3, -0.25) is 4.79 Å². The number of benzene rings is 1. The summed E-state index contributed by atoms with van der Waals surface area (Å²) < 4.78 is 78.1. The van der Waals surface area contributed by atoms with E-state index in [1.54, 1.807) is 19.6 Å². The number of anilines is 1. The van der Waals surface area contributed by atoms with Crippen molar-refractivity contribution >= 4 is 19.8 Å². The molecule has 0 saturated carbocycles. The molecule has 0 atom stereocenters. The summed E-state index contributed by atoms with van der Waals surface area (Å²) in [6.45, 7) is 6.08. The standard InChI is InChI=1S/C13H15F6NOSi/c1-8(21)20(22(2,3)4)11-6-9(12(14,15)16)5-10(7-11)13(17,18)19/h5-7H,1-4H3. The van der Waals surface area contributed by atoms with Crippen molar-refractivity contribution in [2.75, 3.05) is 4.57 Å². The molecule has 0 heterocycles. The van der Waals surface area contributed by atoms with E-state index >= 15 is 0 Å². The number of carbonyl (C=O) groups excluding carboxylic acids is 1. The van der Waals surface area contributed by atoms with Gasteiger partial charge in [0.2, 0.25) is 5.91 Å². The molecule has 0 N–H and O–H groups in total. The number of nitrogens with zero attached hydrogens (tertiary/aromatic N) is 1. The summed E-state index contributed by atoms with van der Waals surface area (Å²) in [6.07, 6.45) is -9.87. The summed E-state index contributed by atoms with van der Waals surface area (Å²) in [5.74, 6) is -0.591. The van der Waals surface area contributed by atoms with Crippen LogP contribution in [0.2, 0.25) is 19.6 Å². The molecule has 1 amide bonds. The van der Waals surface area contributed by atoms with E-state index < -0.39 is 37.6 Å². The first kappa shape index (κ1) is 18.5. The number of amides is 1. The molecule has 0 spiro atoms. The SMILES string of the molecule is CC(=O)N(c1cc(C(F)(F)F)cc(C(F)(F)F)c1)[Si](C)(C)C.